The predicted octanol–water partition coefficient (Wildman–Crippen LogP) is 7.58. The molecule has 3 aliphatic rings. The highest BCUT2D eigenvalue weighted by Crippen LogP contribution is 2.48. The van der Waals surface area contributed by atoms with E-state index in [-0.39, 0.29) is 30.6 Å². The van der Waals surface area contributed by atoms with Gasteiger partial charge in [-0.3, -0.25) is 9.59 Å². The first-order chi connectivity index (χ1) is 17.3. The van der Waals surface area contributed by atoms with E-state index < -0.39 is 47.9 Å². The van der Waals surface area contributed by atoms with Gasteiger partial charge in [0.15, 0.2) is 0 Å². The lowest BCUT2D eigenvalue weighted by Crippen LogP contribution is -2.51. The van der Waals surface area contributed by atoms with Gasteiger partial charge in [0.2, 0.25) is 5.91 Å². The molecule has 2 bridgehead atoms. The molecule has 4 rings (SSSR count). The Morgan fingerprint density at radius 3 is 2.41 bits per heavy atom. The van der Waals surface area contributed by atoms with E-state index >= 15 is 8.78 Å². The number of halogens is 5. The molecule has 1 N–H and O–H groups in total. The topological polar surface area (TPSA) is 57.6 Å². The maximum atomic E-state index is 15.4. The Bertz CT molecular complexity index is 1060. The molecule has 0 aromatic heterocycles. The molecule has 204 valence electrons. The van der Waals surface area contributed by atoms with Crippen molar-refractivity contribution >= 4 is 17.6 Å². The summed E-state index contributed by atoms with van der Waals surface area (Å²) in [5.41, 5.74) is 0.673. The zero-order valence-electron chi connectivity index (χ0n) is 21.2. The average Bonchev–Trinajstić information content (AvgIpc) is 2.80. The monoisotopic (exact) mass is 527 g/mol. The van der Waals surface area contributed by atoms with Crippen molar-refractivity contribution < 1.29 is 36.6 Å². The average molecular weight is 528 g/mol. The van der Waals surface area contributed by atoms with Crippen LogP contribution < -0.4 is 4.90 Å². The number of hydrogen-bond donors (Lipinski definition) is 1. The molecule has 1 fully saturated rings. The molecule has 1 heterocycles. The first-order valence-electron chi connectivity index (χ1n) is 13.1. The minimum Gasteiger partial charge on any atom is -0.481 e. The largest absolute Gasteiger partial charge is 0.481 e. The second-order valence-electron chi connectivity index (χ2n) is 11.2. The number of fused-ring (bicyclic) bond motifs is 4. The molecule has 1 aromatic carbocycles. The Morgan fingerprint density at radius 2 is 1.78 bits per heavy atom. The second-order valence-corrected chi connectivity index (χ2v) is 11.2. The summed E-state index contributed by atoms with van der Waals surface area (Å²) in [5, 5.41) is 9.08. The van der Waals surface area contributed by atoms with Crippen LogP contribution in [0.4, 0.5) is 27.6 Å². The molecule has 1 aromatic rings. The molecule has 0 saturated heterocycles. The van der Waals surface area contributed by atoms with E-state index in [1.165, 1.54) is 17.9 Å². The lowest BCUT2D eigenvalue weighted by atomic mass is 9.75. The summed E-state index contributed by atoms with van der Waals surface area (Å²) in [4.78, 5) is 26.3. The zero-order chi connectivity index (χ0) is 27.1. The van der Waals surface area contributed by atoms with Crippen LogP contribution in [0.3, 0.4) is 0 Å². The van der Waals surface area contributed by atoms with Gasteiger partial charge in [-0.25, -0.2) is 8.78 Å². The lowest BCUT2D eigenvalue weighted by molar-refractivity contribution is -0.139. The summed E-state index contributed by atoms with van der Waals surface area (Å²) in [6.45, 7) is 3.24. The van der Waals surface area contributed by atoms with E-state index in [1.54, 1.807) is 13.0 Å². The number of carbonyl (C=O) groups is 2. The lowest BCUT2D eigenvalue weighted by Gasteiger charge is -2.45. The van der Waals surface area contributed by atoms with Crippen molar-refractivity contribution in [3.63, 3.8) is 0 Å². The molecule has 2 aliphatic carbocycles. The van der Waals surface area contributed by atoms with Crippen LogP contribution in [0.1, 0.15) is 88.7 Å². The van der Waals surface area contributed by atoms with E-state index in [9.17, 15) is 22.8 Å². The van der Waals surface area contributed by atoms with Gasteiger partial charge in [0.25, 0.3) is 5.92 Å². The number of aliphatic carboxylic acids is 1. The van der Waals surface area contributed by atoms with Crippen LogP contribution in [0.25, 0.3) is 0 Å². The Kier molecular flexibility index (Phi) is 7.73. The third-order valence-corrected chi connectivity index (χ3v) is 8.47. The number of anilines is 1. The van der Waals surface area contributed by atoms with Crippen molar-refractivity contribution in [2.75, 3.05) is 4.90 Å². The van der Waals surface area contributed by atoms with Crippen molar-refractivity contribution in [2.45, 2.75) is 95.7 Å². The summed E-state index contributed by atoms with van der Waals surface area (Å²) in [7, 11) is 0. The Hall–Kier alpha value is -2.45. The van der Waals surface area contributed by atoms with Crippen LogP contribution in [0.15, 0.2) is 29.8 Å². The third-order valence-electron chi connectivity index (χ3n) is 8.47. The van der Waals surface area contributed by atoms with Gasteiger partial charge in [0.05, 0.1) is 5.56 Å². The highest BCUT2D eigenvalue weighted by molar-refractivity contribution is 5.97. The molecule has 3 atom stereocenters. The first kappa shape index (κ1) is 27.6. The number of amides is 1. The van der Waals surface area contributed by atoms with E-state index in [1.807, 2.05) is 0 Å². The molecule has 0 radical (unpaired) electrons. The molecule has 37 heavy (non-hydrogen) atoms. The van der Waals surface area contributed by atoms with E-state index in [0.29, 0.717) is 49.8 Å². The second kappa shape index (κ2) is 10.4. The fourth-order valence-corrected chi connectivity index (χ4v) is 6.37. The summed E-state index contributed by atoms with van der Waals surface area (Å²) < 4.78 is 71.5. The van der Waals surface area contributed by atoms with Gasteiger partial charge in [-0.2, -0.15) is 13.2 Å². The number of hydrogen-bond acceptors (Lipinski definition) is 2. The van der Waals surface area contributed by atoms with E-state index in [0.717, 1.165) is 17.7 Å². The quantitative estimate of drug-likeness (QED) is 0.326. The fraction of sp³-hybridized carbons (Fsp3) is 0.643. The molecular weight excluding hydrogens is 493 g/mol. The van der Waals surface area contributed by atoms with E-state index in [2.05, 4.69) is 0 Å². The van der Waals surface area contributed by atoms with Gasteiger partial charge in [0.1, 0.15) is 0 Å². The molecule has 4 nitrogen and oxygen atoms in total. The summed E-state index contributed by atoms with van der Waals surface area (Å²) in [6.07, 6.45) is -0.386. The van der Waals surface area contributed by atoms with Gasteiger partial charge < -0.3 is 10.0 Å². The maximum absolute atomic E-state index is 15.4. The highest BCUT2D eigenvalue weighted by atomic mass is 19.4. The fourth-order valence-electron chi connectivity index (χ4n) is 6.37. The van der Waals surface area contributed by atoms with Gasteiger partial charge in [-0.15, -0.1) is 0 Å². The Balaban J connectivity index is 1.73. The smallest absolute Gasteiger partial charge is 0.416 e. The number of nitrogens with zero attached hydrogens (tertiary/aromatic N) is 1. The maximum Gasteiger partial charge on any atom is 0.416 e. The predicted molar refractivity (Wildman–Crippen MR) is 129 cm³/mol. The number of carboxylic acids is 1. The molecule has 1 aliphatic heterocycles. The summed E-state index contributed by atoms with van der Waals surface area (Å²) in [5.74, 6) is -6.23. The van der Waals surface area contributed by atoms with Crippen molar-refractivity contribution in [1.82, 2.24) is 0 Å². The van der Waals surface area contributed by atoms with Crippen molar-refractivity contribution in [1.29, 1.82) is 0 Å². The summed E-state index contributed by atoms with van der Waals surface area (Å²) >= 11 is 0. The van der Waals surface area contributed by atoms with E-state index in [4.69, 9.17) is 5.11 Å². The van der Waals surface area contributed by atoms with Crippen LogP contribution in [0.2, 0.25) is 0 Å². The SMILES string of the molecule is C/C1=C\C(C)C(F)(F)CC2C[C@H](CC1)c1cc(C(F)(F)F)ccc1N2C(=O)C1CCC(CC(=O)O)CC1. The highest BCUT2D eigenvalue weighted by Gasteiger charge is 2.46. The normalized spacial score (nSPS) is 31.6. The van der Waals surface area contributed by atoms with Gasteiger partial charge in [-0.05, 0) is 87.5 Å². The van der Waals surface area contributed by atoms with Crippen LogP contribution in [-0.2, 0) is 15.8 Å². The number of carbonyl (C=O) groups excluding carboxylic acids is 1. The Labute approximate surface area is 213 Å². The minimum absolute atomic E-state index is 0.0228. The Morgan fingerprint density at radius 1 is 1.11 bits per heavy atom. The number of allylic oxidation sites excluding steroid dienone is 2. The summed E-state index contributed by atoms with van der Waals surface area (Å²) in [6, 6.07) is 2.47. The van der Waals surface area contributed by atoms with Gasteiger partial charge in [-0.1, -0.05) is 18.6 Å². The molecular formula is C28H34F5NO3. The van der Waals surface area contributed by atoms with Gasteiger partial charge >= 0.3 is 12.1 Å². The van der Waals surface area contributed by atoms with Crippen molar-refractivity contribution in [3.05, 3.63) is 41.0 Å². The standard InChI is InChI=1S/C28H34F5NO3/c1-16-3-6-20-13-22(15-27(29,30)17(2)11-16)34(24-10-9-21(14-23(20)24)28(31,32)33)26(37)19-7-4-18(5-8-19)12-25(35)36/h9-11,14,17-20,22H,3-8,12-13,15H2,1-2H3,(H,35,36)/b16-11+/t17?,18?,19?,20-,22?/m0/s1. The zero-order valence-corrected chi connectivity index (χ0v) is 21.2. The number of rotatable bonds is 3. The molecule has 1 saturated carbocycles. The molecule has 0 spiro atoms. The minimum atomic E-state index is -4.56. The van der Waals surface area contributed by atoms with Crippen LogP contribution in [0, 0.1) is 17.8 Å². The molecule has 9 heteroatoms. The van der Waals surface area contributed by atoms with Crippen LogP contribution >= 0.6 is 0 Å². The third kappa shape index (κ3) is 6.01. The van der Waals surface area contributed by atoms with Crippen LogP contribution in [0.5, 0.6) is 0 Å². The molecule has 2 unspecified atom stereocenters. The van der Waals surface area contributed by atoms with Crippen molar-refractivity contribution in [2.24, 2.45) is 17.8 Å². The van der Waals surface area contributed by atoms with Crippen molar-refractivity contribution in [3.8, 4) is 0 Å². The van der Waals surface area contributed by atoms with Crippen LogP contribution in [-0.4, -0.2) is 28.9 Å². The number of carboxylic acid groups (broad SMARTS) is 1. The number of alkyl halides is 5. The number of benzene rings is 1. The first-order valence-corrected chi connectivity index (χ1v) is 13.1. The van der Waals surface area contributed by atoms with Gasteiger partial charge in [0, 0.05) is 36.4 Å². The molecule has 1 amide bonds.